The summed E-state index contributed by atoms with van der Waals surface area (Å²) in [6.45, 7) is 4.42. The third-order valence-electron chi connectivity index (χ3n) is 3.49. The lowest BCUT2D eigenvalue weighted by molar-refractivity contribution is 0.221. The molecule has 0 aromatic heterocycles. The van der Waals surface area contributed by atoms with Crippen molar-refractivity contribution in [2.75, 3.05) is 13.2 Å². The Kier molecular flexibility index (Phi) is 6.89. The van der Waals surface area contributed by atoms with E-state index in [1.165, 1.54) is 0 Å². The van der Waals surface area contributed by atoms with E-state index in [0.717, 1.165) is 11.1 Å². The molecule has 0 saturated carbocycles. The van der Waals surface area contributed by atoms with Crippen LogP contribution in [0.2, 0.25) is 0 Å². The Morgan fingerprint density at radius 2 is 1.00 bits per heavy atom. The van der Waals surface area contributed by atoms with Gasteiger partial charge in [0.05, 0.1) is 0 Å². The summed E-state index contributed by atoms with van der Waals surface area (Å²) >= 11 is 0. The fourth-order valence-electron chi connectivity index (χ4n) is 1.99. The van der Waals surface area contributed by atoms with E-state index in [0.29, 0.717) is 6.42 Å². The van der Waals surface area contributed by atoms with Crippen molar-refractivity contribution in [3.8, 4) is 11.5 Å². The summed E-state index contributed by atoms with van der Waals surface area (Å²) in [6.07, 6.45) is 0.500. The molecule has 0 amide bonds. The molecule has 22 heavy (non-hydrogen) atoms. The molecular formula is C18H24O4. The van der Waals surface area contributed by atoms with Gasteiger partial charge in [0.25, 0.3) is 0 Å². The lowest BCUT2D eigenvalue weighted by Gasteiger charge is -2.26. The molecular weight excluding hydrogens is 280 g/mol. The van der Waals surface area contributed by atoms with Gasteiger partial charge in [0.2, 0.25) is 0 Å². The van der Waals surface area contributed by atoms with E-state index in [-0.39, 0.29) is 30.1 Å². The molecule has 2 aromatic rings. The van der Waals surface area contributed by atoms with Gasteiger partial charge in [-0.3, -0.25) is 0 Å². The molecule has 4 heteroatoms. The molecule has 0 atom stereocenters. The lowest BCUT2D eigenvalue weighted by Crippen LogP contribution is -2.18. The molecule has 0 aliphatic carbocycles. The fourth-order valence-corrected chi connectivity index (χ4v) is 1.99. The summed E-state index contributed by atoms with van der Waals surface area (Å²) in [5, 5.41) is 34.4. The zero-order chi connectivity index (χ0) is 16.6. The van der Waals surface area contributed by atoms with E-state index < -0.39 is 0 Å². The molecule has 0 spiro atoms. The van der Waals surface area contributed by atoms with Gasteiger partial charge in [0, 0.05) is 18.6 Å². The Morgan fingerprint density at radius 3 is 1.23 bits per heavy atom. The summed E-state index contributed by atoms with van der Waals surface area (Å²) in [5.41, 5.74) is 2.10. The number of phenols is 2. The number of hydrogen-bond acceptors (Lipinski definition) is 4. The Balaban J connectivity index is 0.000000422. The maximum Gasteiger partial charge on any atom is 0.115 e. The minimum Gasteiger partial charge on any atom is -0.508 e. The first-order valence-corrected chi connectivity index (χ1v) is 7.22. The molecule has 2 rings (SSSR count). The molecule has 0 unspecified atom stereocenters. The van der Waals surface area contributed by atoms with Gasteiger partial charge in [-0.1, -0.05) is 38.1 Å². The second-order valence-electron chi connectivity index (χ2n) is 5.52. The van der Waals surface area contributed by atoms with Crippen molar-refractivity contribution >= 4 is 0 Å². The molecule has 0 heterocycles. The second-order valence-corrected chi connectivity index (χ2v) is 5.52. The SMILES string of the molecule is CC(C)(c1ccc(O)cc1)c1ccc(O)cc1.OCCCO. The van der Waals surface area contributed by atoms with Crippen molar-refractivity contribution in [1.29, 1.82) is 0 Å². The predicted molar refractivity (Wildman–Crippen MR) is 87.1 cm³/mol. The number of aliphatic hydroxyl groups excluding tert-OH is 2. The molecule has 0 saturated heterocycles. The lowest BCUT2D eigenvalue weighted by atomic mass is 9.78. The number of benzene rings is 2. The standard InChI is InChI=1S/C15H16O2.C3H8O2/c1-15(2,11-3-7-13(16)8-4-11)12-5-9-14(17)10-6-12;4-2-1-3-5/h3-10,16-17H,1-2H3;4-5H,1-3H2. The van der Waals surface area contributed by atoms with E-state index in [9.17, 15) is 10.2 Å². The van der Waals surface area contributed by atoms with Crippen LogP contribution in [0, 0.1) is 0 Å². The average Bonchev–Trinajstić information content (AvgIpc) is 2.49. The molecule has 0 bridgehead atoms. The highest BCUT2D eigenvalue weighted by Gasteiger charge is 2.22. The monoisotopic (exact) mass is 304 g/mol. The highest BCUT2D eigenvalue weighted by molar-refractivity contribution is 5.41. The van der Waals surface area contributed by atoms with E-state index >= 15 is 0 Å². The predicted octanol–water partition coefficient (Wildman–Crippen LogP) is 2.78. The Labute approximate surface area is 131 Å². The van der Waals surface area contributed by atoms with Crippen molar-refractivity contribution in [2.24, 2.45) is 0 Å². The van der Waals surface area contributed by atoms with Gasteiger partial charge in [-0.15, -0.1) is 0 Å². The van der Waals surface area contributed by atoms with Crippen LogP contribution in [-0.2, 0) is 5.41 Å². The van der Waals surface area contributed by atoms with Crippen molar-refractivity contribution in [2.45, 2.75) is 25.7 Å². The van der Waals surface area contributed by atoms with Crippen LogP contribution in [0.3, 0.4) is 0 Å². The zero-order valence-electron chi connectivity index (χ0n) is 13.0. The summed E-state index contributed by atoms with van der Waals surface area (Å²) in [7, 11) is 0. The summed E-state index contributed by atoms with van der Waals surface area (Å²) < 4.78 is 0. The Morgan fingerprint density at radius 1 is 0.682 bits per heavy atom. The van der Waals surface area contributed by atoms with E-state index in [4.69, 9.17) is 10.2 Å². The van der Waals surface area contributed by atoms with Gasteiger partial charge >= 0.3 is 0 Å². The number of rotatable bonds is 4. The molecule has 4 nitrogen and oxygen atoms in total. The first-order valence-electron chi connectivity index (χ1n) is 7.22. The quantitative estimate of drug-likeness (QED) is 0.700. The van der Waals surface area contributed by atoms with Crippen LogP contribution in [0.15, 0.2) is 48.5 Å². The van der Waals surface area contributed by atoms with Gasteiger partial charge in [-0.2, -0.15) is 0 Å². The maximum atomic E-state index is 9.30. The first-order chi connectivity index (χ1) is 10.4. The number of hydrogen-bond donors (Lipinski definition) is 4. The van der Waals surface area contributed by atoms with Gasteiger partial charge < -0.3 is 20.4 Å². The third kappa shape index (κ3) is 5.06. The summed E-state index contributed by atoms with van der Waals surface area (Å²) in [6, 6.07) is 14.4. The molecule has 0 aliphatic heterocycles. The summed E-state index contributed by atoms with van der Waals surface area (Å²) in [5.74, 6) is 0.547. The van der Waals surface area contributed by atoms with E-state index in [1.54, 1.807) is 24.3 Å². The third-order valence-corrected chi connectivity index (χ3v) is 3.49. The van der Waals surface area contributed by atoms with E-state index in [2.05, 4.69) is 13.8 Å². The van der Waals surface area contributed by atoms with Crippen LogP contribution in [0.1, 0.15) is 31.4 Å². The van der Waals surface area contributed by atoms with Crippen molar-refractivity contribution in [1.82, 2.24) is 0 Å². The molecule has 0 radical (unpaired) electrons. The average molecular weight is 304 g/mol. The van der Waals surface area contributed by atoms with Crippen LogP contribution < -0.4 is 0 Å². The van der Waals surface area contributed by atoms with Crippen LogP contribution in [0.5, 0.6) is 11.5 Å². The Bertz CT molecular complexity index is 495. The number of aliphatic hydroxyl groups is 2. The van der Waals surface area contributed by atoms with Crippen LogP contribution in [0.25, 0.3) is 0 Å². The minimum absolute atomic E-state index is 0.0938. The molecule has 4 N–H and O–H groups in total. The minimum atomic E-state index is -0.151. The zero-order valence-corrected chi connectivity index (χ0v) is 13.0. The first kappa shape index (κ1) is 18.0. The van der Waals surface area contributed by atoms with Gasteiger partial charge in [-0.05, 0) is 41.8 Å². The highest BCUT2D eigenvalue weighted by Crippen LogP contribution is 2.32. The van der Waals surface area contributed by atoms with Gasteiger partial charge in [-0.25, -0.2) is 0 Å². The number of aromatic hydroxyl groups is 2. The van der Waals surface area contributed by atoms with Gasteiger partial charge in [0.15, 0.2) is 0 Å². The molecule has 0 aliphatic rings. The highest BCUT2D eigenvalue weighted by atomic mass is 16.3. The molecule has 120 valence electrons. The largest absolute Gasteiger partial charge is 0.508 e. The van der Waals surface area contributed by atoms with E-state index in [1.807, 2.05) is 24.3 Å². The van der Waals surface area contributed by atoms with Crippen LogP contribution >= 0.6 is 0 Å². The number of phenolic OH excluding ortho intramolecular Hbond substituents is 2. The topological polar surface area (TPSA) is 80.9 Å². The van der Waals surface area contributed by atoms with Gasteiger partial charge in [0.1, 0.15) is 11.5 Å². The Hall–Kier alpha value is -2.04. The van der Waals surface area contributed by atoms with Crippen molar-refractivity contribution in [3.63, 3.8) is 0 Å². The normalized spacial score (nSPS) is 10.7. The molecule has 0 fully saturated rings. The second kappa shape index (κ2) is 8.41. The molecule has 2 aromatic carbocycles. The fraction of sp³-hybridized carbons (Fsp3) is 0.333. The smallest absolute Gasteiger partial charge is 0.115 e. The van der Waals surface area contributed by atoms with Crippen LogP contribution in [-0.4, -0.2) is 33.6 Å². The van der Waals surface area contributed by atoms with Crippen molar-refractivity contribution < 1.29 is 20.4 Å². The maximum absolute atomic E-state index is 9.30. The van der Waals surface area contributed by atoms with Crippen LogP contribution in [0.4, 0.5) is 0 Å². The summed E-state index contributed by atoms with van der Waals surface area (Å²) in [4.78, 5) is 0. The van der Waals surface area contributed by atoms with Crippen molar-refractivity contribution in [3.05, 3.63) is 59.7 Å².